The molecule has 170 valence electrons. The van der Waals surface area contributed by atoms with E-state index in [1.54, 1.807) is 19.3 Å². The van der Waals surface area contributed by atoms with Gasteiger partial charge >= 0.3 is 11.6 Å². The molecule has 0 aliphatic rings. The Labute approximate surface area is 190 Å². The van der Waals surface area contributed by atoms with Gasteiger partial charge in [-0.3, -0.25) is 4.79 Å². The Bertz CT molecular complexity index is 1380. The van der Waals surface area contributed by atoms with Crippen molar-refractivity contribution in [2.24, 2.45) is 0 Å². The molecule has 0 aliphatic heterocycles. The first-order valence-corrected chi connectivity index (χ1v) is 10.9. The molecule has 2 heterocycles. The van der Waals surface area contributed by atoms with Crippen molar-refractivity contribution in [2.45, 2.75) is 45.6 Å². The second-order valence-electron chi connectivity index (χ2n) is 8.13. The Kier molecular flexibility index (Phi) is 6.31. The molecular weight excluding hydrogens is 422 g/mol. The van der Waals surface area contributed by atoms with Crippen LogP contribution in [0.5, 0.6) is 0 Å². The average Bonchev–Trinajstić information content (AvgIpc) is 3.21. The van der Waals surface area contributed by atoms with Gasteiger partial charge in [0.15, 0.2) is 0 Å². The van der Waals surface area contributed by atoms with Gasteiger partial charge < -0.3 is 19.3 Å². The minimum absolute atomic E-state index is 0.212. The van der Waals surface area contributed by atoms with Crippen molar-refractivity contribution in [3.8, 4) is 11.1 Å². The third-order valence-corrected chi connectivity index (χ3v) is 5.88. The maximum atomic E-state index is 12.7. The van der Waals surface area contributed by atoms with Crippen molar-refractivity contribution in [3.63, 3.8) is 0 Å². The Morgan fingerprint density at radius 3 is 2.55 bits per heavy atom. The molecule has 7 nitrogen and oxygen atoms in total. The highest BCUT2D eigenvalue weighted by Gasteiger charge is 2.22. The number of hydrogen-bond donors (Lipinski definition) is 2. The van der Waals surface area contributed by atoms with Gasteiger partial charge in [-0.05, 0) is 30.5 Å². The molecule has 1 amide bonds. The normalized spacial score (nSPS) is 12.2. The van der Waals surface area contributed by atoms with Gasteiger partial charge in [0, 0.05) is 22.4 Å². The summed E-state index contributed by atoms with van der Waals surface area (Å²) in [6.45, 7) is 3.71. The van der Waals surface area contributed by atoms with Crippen LogP contribution in [0.15, 0.2) is 62.4 Å². The summed E-state index contributed by atoms with van der Waals surface area (Å²) in [4.78, 5) is 36.7. The van der Waals surface area contributed by atoms with Gasteiger partial charge in [-0.1, -0.05) is 50.1 Å². The van der Waals surface area contributed by atoms with Crippen LogP contribution < -0.4 is 10.9 Å². The summed E-state index contributed by atoms with van der Waals surface area (Å²) >= 11 is 0. The summed E-state index contributed by atoms with van der Waals surface area (Å²) in [5.74, 6) is -1.61. The van der Waals surface area contributed by atoms with E-state index >= 15 is 0 Å². The molecule has 2 aromatic carbocycles. The first kappa shape index (κ1) is 22.3. The predicted molar refractivity (Wildman–Crippen MR) is 125 cm³/mol. The van der Waals surface area contributed by atoms with Crippen LogP contribution in [-0.4, -0.2) is 23.0 Å². The lowest BCUT2D eigenvalue weighted by Gasteiger charge is -2.14. The van der Waals surface area contributed by atoms with E-state index in [9.17, 15) is 19.5 Å². The zero-order valence-electron chi connectivity index (χ0n) is 18.5. The number of aryl methyl sites for hydroxylation is 1. The molecule has 0 spiro atoms. The van der Waals surface area contributed by atoms with E-state index in [0.717, 1.165) is 22.9 Å². The summed E-state index contributed by atoms with van der Waals surface area (Å²) in [6.07, 6.45) is 3.25. The maximum Gasteiger partial charge on any atom is 0.340 e. The number of fused-ring (bicyclic) bond motifs is 2. The molecule has 2 aromatic heterocycles. The fourth-order valence-electron chi connectivity index (χ4n) is 4.03. The molecule has 4 aromatic rings. The molecule has 0 radical (unpaired) electrons. The molecule has 0 aliphatic carbocycles. The lowest BCUT2D eigenvalue weighted by atomic mass is 9.99. The van der Waals surface area contributed by atoms with E-state index < -0.39 is 23.5 Å². The van der Waals surface area contributed by atoms with Crippen molar-refractivity contribution < 1.29 is 23.5 Å². The van der Waals surface area contributed by atoms with E-state index in [2.05, 4.69) is 5.32 Å². The Hall–Kier alpha value is -3.87. The average molecular weight is 447 g/mol. The molecule has 0 fully saturated rings. The summed E-state index contributed by atoms with van der Waals surface area (Å²) < 4.78 is 11.2. The summed E-state index contributed by atoms with van der Waals surface area (Å²) in [5, 5.41) is 13.5. The first-order valence-electron chi connectivity index (χ1n) is 10.9. The van der Waals surface area contributed by atoms with E-state index in [1.165, 1.54) is 0 Å². The number of hydrogen-bond acceptors (Lipinski definition) is 5. The molecule has 7 heteroatoms. The number of nitrogens with one attached hydrogen (secondary N) is 1. The second-order valence-corrected chi connectivity index (χ2v) is 8.13. The lowest BCUT2D eigenvalue weighted by Crippen LogP contribution is -2.42. The molecule has 33 heavy (non-hydrogen) atoms. The van der Waals surface area contributed by atoms with Crippen LogP contribution in [-0.2, 0) is 16.0 Å². The number of benzene rings is 2. The minimum atomic E-state index is -1.09. The minimum Gasteiger partial charge on any atom is -0.480 e. The lowest BCUT2D eigenvalue weighted by molar-refractivity contribution is -0.142. The highest BCUT2D eigenvalue weighted by atomic mass is 16.4. The van der Waals surface area contributed by atoms with Gasteiger partial charge in [0.25, 0.3) is 0 Å². The zero-order chi connectivity index (χ0) is 23.5. The maximum absolute atomic E-state index is 12.7. The first-order chi connectivity index (χ1) is 15.9. The van der Waals surface area contributed by atoms with E-state index in [4.69, 9.17) is 8.83 Å². The van der Waals surface area contributed by atoms with Crippen LogP contribution in [0.3, 0.4) is 0 Å². The molecule has 1 atom stereocenters. The third kappa shape index (κ3) is 4.53. The summed E-state index contributed by atoms with van der Waals surface area (Å²) in [6, 6.07) is 12.4. The number of amides is 1. The number of aliphatic carboxylic acids is 1. The molecule has 4 rings (SSSR count). The number of furan rings is 1. The van der Waals surface area contributed by atoms with Gasteiger partial charge in [-0.25, -0.2) is 9.59 Å². The number of carboxylic acids is 1. The van der Waals surface area contributed by atoms with Crippen LogP contribution in [0.1, 0.15) is 37.3 Å². The molecule has 0 unspecified atom stereocenters. The SMILES string of the molecule is CCCC[C@H](NC(=O)Cc1c(C)c2cc3c(-c4ccccc4)coc3cc2oc1=O)C(=O)O. The van der Waals surface area contributed by atoms with Crippen LogP contribution in [0.4, 0.5) is 0 Å². The van der Waals surface area contributed by atoms with Crippen LogP contribution in [0.25, 0.3) is 33.1 Å². The van der Waals surface area contributed by atoms with Crippen LogP contribution in [0, 0.1) is 6.92 Å². The zero-order valence-corrected chi connectivity index (χ0v) is 18.5. The Morgan fingerprint density at radius 2 is 1.85 bits per heavy atom. The van der Waals surface area contributed by atoms with Gasteiger partial charge in [0.2, 0.25) is 5.91 Å². The Morgan fingerprint density at radius 1 is 1.09 bits per heavy atom. The van der Waals surface area contributed by atoms with Crippen LogP contribution in [0.2, 0.25) is 0 Å². The fraction of sp³-hybridized carbons (Fsp3) is 0.269. The van der Waals surface area contributed by atoms with Crippen LogP contribution >= 0.6 is 0 Å². The largest absolute Gasteiger partial charge is 0.480 e. The van der Waals surface area contributed by atoms with E-state index in [0.29, 0.717) is 35.0 Å². The number of carbonyl (C=O) groups excluding carboxylic acids is 1. The number of unbranched alkanes of at least 4 members (excludes halogenated alkanes) is 1. The van der Waals surface area contributed by atoms with Crippen molar-refractivity contribution in [2.75, 3.05) is 0 Å². The Balaban J connectivity index is 1.70. The number of carboxylic acid groups (broad SMARTS) is 1. The molecule has 0 bridgehead atoms. The second kappa shape index (κ2) is 9.32. The van der Waals surface area contributed by atoms with E-state index in [1.807, 2.05) is 43.3 Å². The monoisotopic (exact) mass is 447 g/mol. The molecular formula is C26H25NO6. The molecule has 0 saturated carbocycles. The van der Waals surface area contributed by atoms with Crippen molar-refractivity contribution in [1.82, 2.24) is 5.32 Å². The summed E-state index contributed by atoms with van der Waals surface area (Å²) in [7, 11) is 0. The smallest absolute Gasteiger partial charge is 0.340 e. The molecule has 2 N–H and O–H groups in total. The van der Waals surface area contributed by atoms with Crippen molar-refractivity contribution in [1.29, 1.82) is 0 Å². The third-order valence-electron chi connectivity index (χ3n) is 5.88. The van der Waals surface area contributed by atoms with Gasteiger partial charge in [0.05, 0.1) is 18.2 Å². The predicted octanol–water partition coefficient (Wildman–Crippen LogP) is 4.82. The molecule has 0 saturated heterocycles. The quantitative estimate of drug-likeness (QED) is 0.375. The fourth-order valence-corrected chi connectivity index (χ4v) is 4.03. The van der Waals surface area contributed by atoms with Crippen molar-refractivity contribution in [3.05, 3.63) is 70.3 Å². The number of carbonyl (C=O) groups is 2. The topological polar surface area (TPSA) is 110 Å². The van der Waals surface area contributed by atoms with Crippen molar-refractivity contribution >= 4 is 33.8 Å². The van der Waals surface area contributed by atoms with Gasteiger partial charge in [0.1, 0.15) is 17.2 Å². The summed E-state index contributed by atoms with van der Waals surface area (Å²) in [5.41, 5.74) is 3.09. The van der Waals surface area contributed by atoms with E-state index in [-0.39, 0.29) is 12.0 Å². The highest BCUT2D eigenvalue weighted by molar-refractivity contribution is 6.02. The van der Waals surface area contributed by atoms with Gasteiger partial charge in [-0.2, -0.15) is 0 Å². The highest BCUT2D eigenvalue weighted by Crippen LogP contribution is 2.34. The van der Waals surface area contributed by atoms with Gasteiger partial charge in [-0.15, -0.1) is 0 Å². The number of rotatable bonds is 8. The standard InChI is InChI=1S/C26H25NO6/c1-3-4-10-21(25(29)30)27-24(28)12-18-15(2)17-11-19-20(16-8-6-5-7-9-16)14-32-22(19)13-23(17)33-26(18)31/h5-9,11,13-14,21H,3-4,10,12H2,1-2H3,(H,27,28)(H,29,30)/t21-/m0/s1.